The number of amides is 2. The first-order chi connectivity index (χ1) is 10.7. The lowest BCUT2D eigenvalue weighted by Gasteiger charge is -2.51. The number of likely N-dealkylation sites (tertiary alicyclic amines) is 2. The molecule has 1 spiro atoms. The summed E-state index contributed by atoms with van der Waals surface area (Å²) in [6.45, 7) is 4.07. The highest BCUT2D eigenvalue weighted by Crippen LogP contribution is 2.36. The highest BCUT2D eigenvalue weighted by molar-refractivity contribution is 5.92. The van der Waals surface area contributed by atoms with Gasteiger partial charge in [0.05, 0.1) is 11.7 Å². The van der Waals surface area contributed by atoms with Gasteiger partial charge in [-0.2, -0.15) is 0 Å². The average Bonchev–Trinajstić information content (AvgIpc) is 2.55. The van der Waals surface area contributed by atoms with E-state index in [2.05, 4.69) is 9.97 Å². The second-order valence-corrected chi connectivity index (χ2v) is 6.14. The Hall–Kier alpha value is -1.98. The molecule has 6 nitrogen and oxygen atoms in total. The van der Waals surface area contributed by atoms with Gasteiger partial charge in [-0.15, -0.1) is 0 Å². The Bertz CT molecular complexity index is 559. The van der Waals surface area contributed by atoms with Crippen molar-refractivity contribution in [2.24, 2.45) is 0 Å². The van der Waals surface area contributed by atoms with Crippen LogP contribution >= 0.6 is 0 Å². The van der Waals surface area contributed by atoms with Crippen LogP contribution in [0.5, 0.6) is 0 Å². The largest absolute Gasteiger partial charge is 0.336 e. The molecule has 0 N–H and O–H groups in total. The number of rotatable bonds is 2. The molecule has 2 aliphatic heterocycles. The van der Waals surface area contributed by atoms with Crippen molar-refractivity contribution < 1.29 is 9.59 Å². The molecular weight excluding hydrogens is 280 g/mol. The summed E-state index contributed by atoms with van der Waals surface area (Å²) in [4.78, 5) is 36.8. The maximum Gasteiger partial charge on any atom is 0.274 e. The van der Waals surface area contributed by atoms with E-state index in [9.17, 15) is 9.59 Å². The van der Waals surface area contributed by atoms with Crippen LogP contribution in [0.3, 0.4) is 0 Å². The van der Waals surface area contributed by atoms with Crippen LogP contribution in [0.1, 0.15) is 49.5 Å². The van der Waals surface area contributed by atoms with Crippen LogP contribution < -0.4 is 0 Å². The van der Waals surface area contributed by atoms with E-state index in [-0.39, 0.29) is 17.4 Å². The lowest BCUT2D eigenvalue weighted by molar-refractivity contribution is -0.144. The fourth-order valence-electron chi connectivity index (χ4n) is 3.90. The fraction of sp³-hybridized carbons (Fsp3) is 0.625. The minimum absolute atomic E-state index is 0.0822. The predicted molar refractivity (Wildman–Crippen MR) is 81.1 cm³/mol. The third-order valence-corrected chi connectivity index (χ3v) is 4.85. The van der Waals surface area contributed by atoms with E-state index in [4.69, 9.17) is 0 Å². The predicted octanol–water partition coefficient (Wildman–Crippen LogP) is 1.48. The first kappa shape index (κ1) is 14.9. The summed E-state index contributed by atoms with van der Waals surface area (Å²) >= 11 is 0. The van der Waals surface area contributed by atoms with E-state index >= 15 is 0 Å². The minimum Gasteiger partial charge on any atom is -0.336 e. The third kappa shape index (κ3) is 2.58. The van der Waals surface area contributed by atoms with E-state index in [1.807, 2.05) is 16.7 Å². The normalized spacial score (nSPS) is 25.6. The summed E-state index contributed by atoms with van der Waals surface area (Å²) in [6, 6.07) is 0. The van der Waals surface area contributed by atoms with Crippen molar-refractivity contribution in [3.63, 3.8) is 0 Å². The van der Waals surface area contributed by atoms with Crippen molar-refractivity contribution in [1.82, 2.24) is 19.8 Å². The summed E-state index contributed by atoms with van der Waals surface area (Å²) in [6.07, 6.45) is 9.05. The van der Waals surface area contributed by atoms with Gasteiger partial charge in [0.2, 0.25) is 5.91 Å². The van der Waals surface area contributed by atoms with E-state index < -0.39 is 0 Å². The van der Waals surface area contributed by atoms with E-state index in [0.717, 1.165) is 32.2 Å². The van der Waals surface area contributed by atoms with Crippen LogP contribution in [0, 0.1) is 0 Å². The molecule has 0 aromatic carbocycles. The van der Waals surface area contributed by atoms with Gasteiger partial charge < -0.3 is 9.80 Å². The number of aromatic nitrogens is 2. The van der Waals surface area contributed by atoms with Gasteiger partial charge in [0.1, 0.15) is 5.69 Å². The summed E-state index contributed by atoms with van der Waals surface area (Å²) in [5, 5.41) is 0. The SMILES string of the molecule is CCN1C(=O)CCC[C@@]12CCCN(C(=O)c1cnccn1)C2. The zero-order valence-corrected chi connectivity index (χ0v) is 13.0. The molecule has 2 fully saturated rings. The maximum atomic E-state index is 12.6. The molecule has 3 heterocycles. The molecule has 2 saturated heterocycles. The van der Waals surface area contributed by atoms with Gasteiger partial charge in [-0.3, -0.25) is 14.6 Å². The van der Waals surface area contributed by atoms with E-state index in [0.29, 0.717) is 25.2 Å². The van der Waals surface area contributed by atoms with E-state index in [1.165, 1.54) is 12.4 Å². The van der Waals surface area contributed by atoms with Gasteiger partial charge in [0, 0.05) is 38.4 Å². The Morgan fingerprint density at radius 1 is 1.32 bits per heavy atom. The van der Waals surface area contributed by atoms with Gasteiger partial charge in [-0.25, -0.2) is 4.98 Å². The van der Waals surface area contributed by atoms with Crippen molar-refractivity contribution >= 4 is 11.8 Å². The molecule has 0 unspecified atom stereocenters. The zero-order valence-electron chi connectivity index (χ0n) is 13.0. The van der Waals surface area contributed by atoms with Crippen LogP contribution in [0.2, 0.25) is 0 Å². The average molecular weight is 302 g/mol. The number of carbonyl (C=O) groups excluding carboxylic acids is 2. The standard InChI is InChI=1S/C16H22N4O2/c1-2-20-14(21)5-3-6-16(20)7-4-10-19(12-16)15(22)13-11-17-8-9-18-13/h8-9,11H,2-7,10,12H2,1H3/t16-/m0/s1. The first-order valence-corrected chi connectivity index (χ1v) is 8.02. The number of nitrogens with zero attached hydrogens (tertiary/aromatic N) is 4. The number of piperidine rings is 2. The maximum absolute atomic E-state index is 12.6. The van der Waals surface area contributed by atoms with Crippen LogP contribution in [-0.4, -0.2) is 56.8 Å². The minimum atomic E-state index is -0.180. The van der Waals surface area contributed by atoms with Crippen molar-refractivity contribution in [1.29, 1.82) is 0 Å². The third-order valence-electron chi connectivity index (χ3n) is 4.85. The molecule has 0 bridgehead atoms. The monoisotopic (exact) mass is 302 g/mol. The molecule has 2 amide bonds. The Morgan fingerprint density at radius 3 is 2.86 bits per heavy atom. The number of carbonyl (C=O) groups is 2. The quantitative estimate of drug-likeness (QED) is 0.830. The molecular formula is C16H22N4O2. The highest BCUT2D eigenvalue weighted by atomic mass is 16.2. The highest BCUT2D eigenvalue weighted by Gasteiger charge is 2.45. The zero-order chi connectivity index (χ0) is 15.6. The van der Waals surface area contributed by atoms with Crippen LogP contribution in [0.4, 0.5) is 0 Å². The van der Waals surface area contributed by atoms with Crippen molar-refractivity contribution in [3.8, 4) is 0 Å². The van der Waals surface area contributed by atoms with Crippen LogP contribution in [0.15, 0.2) is 18.6 Å². The molecule has 0 radical (unpaired) electrons. The van der Waals surface area contributed by atoms with E-state index in [1.54, 1.807) is 6.20 Å². The summed E-state index contributed by atoms with van der Waals surface area (Å²) in [5.74, 6) is 0.142. The topological polar surface area (TPSA) is 66.4 Å². The molecule has 0 saturated carbocycles. The summed E-state index contributed by atoms with van der Waals surface area (Å²) < 4.78 is 0. The molecule has 2 aliphatic rings. The van der Waals surface area contributed by atoms with Crippen molar-refractivity contribution in [3.05, 3.63) is 24.3 Å². The van der Waals surface area contributed by atoms with Crippen LogP contribution in [0.25, 0.3) is 0 Å². The molecule has 1 aromatic heterocycles. The molecule has 22 heavy (non-hydrogen) atoms. The summed E-state index contributed by atoms with van der Waals surface area (Å²) in [5.41, 5.74) is 0.199. The van der Waals surface area contributed by atoms with Crippen molar-refractivity contribution in [2.75, 3.05) is 19.6 Å². The second kappa shape index (κ2) is 6.02. The molecule has 118 valence electrons. The smallest absolute Gasteiger partial charge is 0.274 e. The first-order valence-electron chi connectivity index (χ1n) is 8.02. The lowest BCUT2D eigenvalue weighted by atomic mass is 9.79. The lowest BCUT2D eigenvalue weighted by Crippen LogP contribution is -2.63. The van der Waals surface area contributed by atoms with Gasteiger partial charge in [-0.1, -0.05) is 0 Å². The second-order valence-electron chi connectivity index (χ2n) is 6.14. The fourth-order valence-corrected chi connectivity index (χ4v) is 3.90. The molecule has 3 rings (SSSR count). The van der Waals surface area contributed by atoms with Gasteiger partial charge in [0.25, 0.3) is 5.91 Å². The Balaban J connectivity index is 1.81. The number of hydrogen-bond acceptors (Lipinski definition) is 4. The molecule has 6 heteroatoms. The van der Waals surface area contributed by atoms with Gasteiger partial charge in [-0.05, 0) is 32.6 Å². The van der Waals surface area contributed by atoms with Gasteiger partial charge in [0.15, 0.2) is 0 Å². The Morgan fingerprint density at radius 2 is 2.14 bits per heavy atom. The Kier molecular flexibility index (Phi) is 4.09. The molecule has 1 atom stereocenters. The number of likely N-dealkylation sites (N-methyl/N-ethyl adjacent to an activating group) is 1. The van der Waals surface area contributed by atoms with Crippen molar-refractivity contribution in [2.45, 2.75) is 44.6 Å². The Labute approximate surface area is 130 Å². The molecule has 0 aliphatic carbocycles. The summed E-state index contributed by atoms with van der Waals surface area (Å²) in [7, 11) is 0. The van der Waals surface area contributed by atoms with Gasteiger partial charge >= 0.3 is 0 Å². The number of hydrogen-bond donors (Lipinski definition) is 0. The van der Waals surface area contributed by atoms with Crippen LogP contribution in [-0.2, 0) is 4.79 Å². The molecule has 1 aromatic rings.